The van der Waals surface area contributed by atoms with Gasteiger partial charge < -0.3 is 34.6 Å². The van der Waals surface area contributed by atoms with Crippen LogP contribution < -0.4 is 20.7 Å². The van der Waals surface area contributed by atoms with Gasteiger partial charge in [-0.05, 0) is 48.4 Å². The van der Waals surface area contributed by atoms with Crippen LogP contribution in [-0.4, -0.2) is 45.3 Å². The van der Waals surface area contributed by atoms with Gasteiger partial charge in [-0.1, -0.05) is 65.0 Å². The molecule has 240 valence electrons. The molecule has 0 aliphatic carbocycles. The van der Waals surface area contributed by atoms with E-state index in [1.807, 2.05) is 64.1 Å². The van der Waals surface area contributed by atoms with E-state index in [4.69, 9.17) is 23.5 Å². The highest BCUT2D eigenvalue weighted by Gasteiger charge is 2.61. The first kappa shape index (κ1) is 30.0. The number of aliphatic hydroxyl groups is 1. The lowest BCUT2D eigenvalue weighted by atomic mass is 9.72. The molecule has 7 rings (SSSR count). The second-order valence-corrected chi connectivity index (χ2v) is 14.0. The number of hydrogen-bond acceptors (Lipinski definition) is 9. The number of para-hydroxylation sites is 1. The normalized spacial score (nSPS) is 23.8. The fourth-order valence-corrected chi connectivity index (χ4v) is 6.67. The minimum atomic E-state index is -1.31. The summed E-state index contributed by atoms with van der Waals surface area (Å²) in [5.41, 5.74) is 2.93. The van der Waals surface area contributed by atoms with Gasteiger partial charge in [-0.2, -0.15) is 0 Å². The molecule has 5 atom stereocenters. The number of aliphatic hydroxyl groups excluding tert-OH is 1. The van der Waals surface area contributed by atoms with Crippen LogP contribution in [0.3, 0.4) is 0 Å². The zero-order valence-electron chi connectivity index (χ0n) is 27.0. The van der Waals surface area contributed by atoms with Gasteiger partial charge in [0.15, 0.2) is 17.7 Å². The molecule has 0 radical (unpaired) electrons. The summed E-state index contributed by atoms with van der Waals surface area (Å²) < 4.78 is 19.6. The highest BCUT2D eigenvalue weighted by atomic mass is 16.5. The van der Waals surface area contributed by atoms with E-state index < -0.39 is 47.1 Å². The number of nitrogens with one attached hydrogen (secondary N) is 3. The van der Waals surface area contributed by atoms with Gasteiger partial charge >= 0.3 is 0 Å². The van der Waals surface area contributed by atoms with Crippen LogP contribution in [0, 0.1) is 25.2 Å². The number of nitrogens with zero attached hydrogens (tertiary/aromatic N) is 2. The Kier molecular flexibility index (Phi) is 6.82. The zero-order valence-corrected chi connectivity index (χ0v) is 27.0. The van der Waals surface area contributed by atoms with Crippen LogP contribution in [0.25, 0.3) is 11.6 Å². The topological polar surface area (TPSA) is 152 Å². The molecule has 0 saturated heterocycles. The summed E-state index contributed by atoms with van der Waals surface area (Å²) in [5.74, 6) is 1.23. The molecule has 2 aromatic carbocycles. The number of aromatic nitrogens is 2. The van der Waals surface area contributed by atoms with E-state index in [0.717, 1.165) is 28.1 Å². The number of ether oxygens (including phenoxy) is 1. The fraction of sp³-hybridized carbons (Fsp3) is 0.429. The Morgan fingerprint density at radius 1 is 1.07 bits per heavy atom. The van der Waals surface area contributed by atoms with E-state index in [0.29, 0.717) is 28.9 Å². The number of rotatable bonds is 4. The van der Waals surface area contributed by atoms with E-state index >= 15 is 0 Å². The highest BCUT2D eigenvalue weighted by Crippen LogP contribution is 2.59. The monoisotopic (exact) mass is 625 g/mol. The lowest BCUT2D eigenvalue weighted by molar-refractivity contribution is -0.138. The van der Waals surface area contributed by atoms with Gasteiger partial charge in [-0.15, -0.1) is 0 Å². The van der Waals surface area contributed by atoms with Gasteiger partial charge in [0.25, 0.3) is 0 Å². The van der Waals surface area contributed by atoms with Crippen LogP contribution in [0.1, 0.15) is 80.5 Å². The van der Waals surface area contributed by atoms with Gasteiger partial charge in [0.05, 0.1) is 5.69 Å². The Labute approximate surface area is 267 Å². The van der Waals surface area contributed by atoms with Crippen LogP contribution in [-0.2, 0) is 21.4 Å². The average molecular weight is 626 g/mol. The average Bonchev–Trinajstić information content (AvgIpc) is 3.73. The van der Waals surface area contributed by atoms with Crippen molar-refractivity contribution in [3.8, 4) is 17.3 Å². The fourth-order valence-electron chi connectivity index (χ4n) is 6.67. The maximum Gasteiger partial charge on any atom is 0.250 e. The number of oxazole rings is 2. The quantitative estimate of drug-likeness (QED) is 0.253. The van der Waals surface area contributed by atoms with Gasteiger partial charge in [0.1, 0.15) is 35.1 Å². The molecule has 2 aromatic heterocycles. The molecule has 4 aromatic rings. The van der Waals surface area contributed by atoms with E-state index in [1.165, 1.54) is 0 Å². The van der Waals surface area contributed by atoms with Crippen molar-refractivity contribution in [3.63, 3.8) is 0 Å². The third-order valence-electron chi connectivity index (χ3n) is 9.35. The Morgan fingerprint density at radius 2 is 1.83 bits per heavy atom. The number of carbonyl (C=O) groups is 2. The molecule has 5 heterocycles. The van der Waals surface area contributed by atoms with Crippen molar-refractivity contribution in [2.24, 2.45) is 11.3 Å². The SMILES string of the molecule is Cc1nc(-c2nc3oc2C24c5ccccc5NC2Oc2ccc(cc24)C[C@H](NC(=O)[C@@H](O)C(C)(C)C)C(=O)N[C@H]3C(C)C)oc1C. The highest BCUT2D eigenvalue weighted by molar-refractivity contribution is 5.90. The molecule has 11 nitrogen and oxygen atoms in total. The summed E-state index contributed by atoms with van der Waals surface area (Å²) in [6.07, 6.45) is -1.70. The van der Waals surface area contributed by atoms with E-state index in [9.17, 15) is 14.7 Å². The lowest BCUT2D eigenvalue weighted by Crippen LogP contribution is -2.53. The number of benzene rings is 2. The van der Waals surface area contributed by atoms with Crippen molar-refractivity contribution in [1.82, 2.24) is 20.6 Å². The molecular formula is C35H39N5O6. The molecule has 2 unspecified atom stereocenters. The molecule has 0 saturated carbocycles. The number of aryl methyl sites for hydroxylation is 2. The summed E-state index contributed by atoms with van der Waals surface area (Å²) in [5, 5.41) is 20.2. The molecule has 3 aliphatic rings. The second kappa shape index (κ2) is 10.4. The predicted octanol–water partition coefficient (Wildman–Crippen LogP) is 4.69. The number of anilines is 1. The van der Waals surface area contributed by atoms with Gasteiger partial charge in [0, 0.05) is 17.7 Å². The van der Waals surface area contributed by atoms with Crippen LogP contribution in [0.15, 0.2) is 51.3 Å². The largest absolute Gasteiger partial charge is 0.469 e. The van der Waals surface area contributed by atoms with Crippen LogP contribution in [0.2, 0.25) is 0 Å². The van der Waals surface area contributed by atoms with Crippen LogP contribution in [0.5, 0.6) is 5.75 Å². The second-order valence-electron chi connectivity index (χ2n) is 14.0. The van der Waals surface area contributed by atoms with Gasteiger partial charge in [-0.3, -0.25) is 9.59 Å². The predicted molar refractivity (Wildman–Crippen MR) is 169 cm³/mol. The maximum atomic E-state index is 14.0. The van der Waals surface area contributed by atoms with E-state index in [2.05, 4.69) is 22.0 Å². The van der Waals surface area contributed by atoms with Gasteiger partial charge in [0.2, 0.25) is 23.6 Å². The smallest absolute Gasteiger partial charge is 0.250 e. The molecule has 4 bridgehead atoms. The number of fused-ring (bicyclic) bond motifs is 4. The van der Waals surface area contributed by atoms with E-state index in [-0.39, 0.29) is 18.2 Å². The minimum absolute atomic E-state index is 0.147. The van der Waals surface area contributed by atoms with Crippen molar-refractivity contribution in [3.05, 3.63) is 82.3 Å². The number of amides is 2. The molecular weight excluding hydrogens is 586 g/mol. The van der Waals surface area contributed by atoms with E-state index in [1.54, 1.807) is 20.8 Å². The van der Waals surface area contributed by atoms with Crippen molar-refractivity contribution in [1.29, 1.82) is 0 Å². The Morgan fingerprint density at radius 3 is 2.52 bits per heavy atom. The first-order chi connectivity index (χ1) is 21.8. The standard InChI is InChI=1S/C35H39N5O6/c1-16(2)25-31-40-26(32-36-17(3)18(4)44-32)28(46-31)35-20-10-8-9-11-22(20)38-33(35)45-24-13-12-19(14-21(24)35)15-23(29(42)39-25)37-30(43)27(41)34(5,6)7/h8-14,16,23,25,27,33,38,41H,15H2,1-7H3,(H,37,43)(H,39,42)/t23-,25-,27+,33?,35?/m0/s1. The van der Waals surface area contributed by atoms with Crippen molar-refractivity contribution >= 4 is 17.5 Å². The van der Waals surface area contributed by atoms with Crippen LogP contribution >= 0.6 is 0 Å². The minimum Gasteiger partial charge on any atom is -0.469 e. The Bertz CT molecular complexity index is 1850. The maximum absolute atomic E-state index is 14.0. The summed E-state index contributed by atoms with van der Waals surface area (Å²) >= 11 is 0. The molecule has 4 N–H and O–H groups in total. The summed E-state index contributed by atoms with van der Waals surface area (Å²) in [6.45, 7) is 13.0. The molecule has 2 amide bonds. The summed E-state index contributed by atoms with van der Waals surface area (Å²) in [4.78, 5) is 37.0. The lowest BCUT2D eigenvalue weighted by Gasteiger charge is -2.30. The first-order valence-electron chi connectivity index (χ1n) is 15.7. The molecule has 46 heavy (non-hydrogen) atoms. The number of hydrogen-bond donors (Lipinski definition) is 4. The van der Waals surface area contributed by atoms with Gasteiger partial charge in [-0.25, -0.2) is 9.97 Å². The van der Waals surface area contributed by atoms with Crippen molar-refractivity contribution in [2.45, 2.75) is 84.7 Å². The molecule has 11 heteroatoms. The van der Waals surface area contributed by atoms with Crippen LogP contribution in [0.4, 0.5) is 5.69 Å². The third kappa shape index (κ3) is 4.51. The Balaban J connectivity index is 1.47. The van der Waals surface area contributed by atoms with Crippen molar-refractivity contribution < 1.29 is 28.3 Å². The molecule has 0 fully saturated rings. The first-order valence-corrected chi connectivity index (χ1v) is 15.7. The number of carbonyl (C=O) groups excluding carboxylic acids is 2. The summed E-state index contributed by atoms with van der Waals surface area (Å²) in [6, 6.07) is 12.1. The summed E-state index contributed by atoms with van der Waals surface area (Å²) in [7, 11) is 0. The zero-order chi connectivity index (χ0) is 32.7. The Hall–Kier alpha value is -4.64. The molecule has 1 spiro atoms. The van der Waals surface area contributed by atoms with Crippen molar-refractivity contribution in [2.75, 3.05) is 5.32 Å². The third-order valence-corrected chi connectivity index (χ3v) is 9.35. The molecule has 3 aliphatic heterocycles.